The van der Waals surface area contributed by atoms with Gasteiger partial charge in [-0.2, -0.15) is 4.31 Å². The van der Waals surface area contributed by atoms with Crippen LogP contribution in [0.15, 0.2) is 47.4 Å². The van der Waals surface area contributed by atoms with Gasteiger partial charge >= 0.3 is 0 Å². The van der Waals surface area contributed by atoms with Crippen molar-refractivity contribution < 1.29 is 21.9 Å². The quantitative estimate of drug-likeness (QED) is 0.793. The summed E-state index contributed by atoms with van der Waals surface area (Å²) in [6, 6.07) is 8.98. The van der Waals surface area contributed by atoms with Crippen molar-refractivity contribution in [2.75, 3.05) is 20.2 Å². The molecule has 0 amide bonds. The van der Waals surface area contributed by atoms with Crippen LogP contribution in [0.2, 0.25) is 5.02 Å². The van der Waals surface area contributed by atoms with E-state index in [4.69, 9.17) is 16.3 Å². The first kappa shape index (κ1) is 17.7. The van der Waals surface area contributed by atoms with Crippen LogP contribution >= 0.6 is 11.6 Å². The molecule has 4 nitrogen and oxygen atoms in total. The van der Waals surface area contributed by atoms with Crippen molar-refractivity contribution in [2.24, 2.45) is 0 Å². The molecule has 0 aliphatic carbocycles. The van der Waals surface area contributed by atoms with Crippen molar-refractivity contribution in [1.29, 1.82) is 0 Å². The third-order valence-corrected chi connectivity index (χ3v) is 5.18. The number of ether oxygens (including phenoxy) is 1. The molecule has 124 valence electrons. The van der Waals surface area contributed by atoms with Gasteiger partial charge in [0.05, 0.1) is 0 Å². The Kier molecular flexibility index (Phi) is 5.56. The lowest BCUT2D eigenvalue weighted by atomic mass is 10.3. The lowest BCUT2D eigenvalue weighted by Gasteiger charge is -2.18. The molecule has 0 spiro atoms. The average Bonchev–Trinajstić information content (AvgIpc) is 2.46. The van der Waals surface area contributed by atoms with E-state index in [1.165, 1.54) is 7.05 Å². The summed E-state index contributed by atoms with van der Waals surface area (Å²) in [5.41, 5.74) is 0. The first-order valence-electron chi connectivity index (χ1n) is 6.60. The maximum Gasteiger partial charge on any atom is 0.245 e. The monoisotopic (exact) mass is 361 g/mol. The van der Waals surface area contributed by atoms with Crippen LogP contribution in [0, 0.1) is 11.6 Å². The van der Waals surface area contributed by atoms with Crippen molar-refractivity contribution in [2.45, 2.75) is 4.90 Å². The Labute approximate surface area is 138 Å². The highest BCUT2D eigenvalue weighted by atomic mass is 35.5. The summed E-state index contributed by atoms with van der Waals surface area (Å²) in [6.07, 6.45) is 0. The molecule has 0 radical (unpaired) electrons. The smallest absolute Gasteiger partial charge is 0.245 e. The number of nitrogens with zero attached hydrogens (tertiary/aromatic N) is 1. The van der Waals surface area contributed by atoms with Gasteiger partial charge < -0.3 is 4.74 Å². The number of rotatable bonds is 6. The minimum absolute atomic E-state index is 0.00827. The van der Waals surface area contributed by atoms with Gasteiger partial charge in [0.2, 0.25) is 10.0 Å². The number of likely N-dealkylation sites (N-methyl/N-ethyl adjacent to an activating group) is 1. The lowest BCUT2D eigenvalue weighted by Crippen LogP contribution is -2.31. The van der Waals surface area contributed by atoms with Gasteiger partial charge in [-0.15, -0.1) is 0 Å². The predicted octanol–water partition coefficient (Wildman–Crippen LogP) is 3.32. The van der Waals surface area contributed by atoms with Crippen LogP contribution < -0.4 is 4.74 Å². The summed E-state index contributed by atoms with van der Waals surface area (Å²) >= 11 is 5.81. The fourth-order valence-electron chi connectivity index (χ4n) is 1.82. The highest BCUT2D eigenvalue weighted by molar-refractivity contribution is 7.89. The molecule has 0 heterocycles. The Hall–Kier alpha value is -1.70. The summed E-state index contributed by atoms with van der Waals surface area (Å²) in [5.74, 6) is -1.47. The molecular weight excluding hydrogens is 348 g/mol. The second kappa shape index (κ2) is 7.25. The highest BCUT2D eigenvalue weighted by Crippen LogP contribution is 2.20. The zero-order valence-electron chi connectivity index (χ0n) is 12.2. The topological polar surface area (TPSA) is 46.6 Å². The van der Waals surface area contributed by atoms with E-state index in [2.05, 4.69) is 0 Å². The predicted molar refractivity (Wildman–Crippen MR) is 83.1 cm³/mol. The standard InChI is InChI=1S/C15H14ClF2NO3S/c1-19(7-8-22-13-4-2-3-11(16)9-13)23(20,21)15-6-5-12(17)10-14(15)18/h2-6,9-10H,7-8H2,1H3. The zero-order chi connectivity index (χ0) is 17.0. The Morgan fingerprint density at radius 1 is 1.17 bits per heavy atom. The molecule has 8 heteroatoms. The van der Waals surface area contributed by atoms with E-state index in [1.807, 2.05) is 0 Å². The van der Waals surface area contributed by atoms with Crippen LogP contribution in [-0.2, 0) is 10.0 Å². The SMILES string of the molecule is CN(CCOc1cccc(Cl)c1)S(=O)(=O)c1ccc(F)cc1F. The fraction of sp³-hybridized carbons (Fsp3) is 0.200. The normalized spacial score (nSPS) is 11.7. The zero-order valence-corrected chi connectivity index (χ0v) is 13.7. The molecule has 0 aliphatic rings. The van der Waals surface area contributed by atoms with E-state index in [1.54, 1.807) is 24.3 Å². The molecule has 0 fully saturated rings. The first-order valence-corrected chi connectivity index (χ1v) is 8.42. The van der Waals surface area contributed by atoms with E-state index < -0.39 is 26.6 Å². The second-order valence-corrected chi connectivity index (χ2v) is 7.16. The van der Waals surface area contributed by atoms with Gasteiger partial charge in [0.15, 0.2) is 0 Å². The van der Waals surface area contributed by atoms with Crippen molar-refractivity contribution in [3.8, 4) is 5.75 Å². The molecule has 0 bridgehead atoms. The molecule has 2 rings (SSSR count). The van der Waals surface area contributed by atoms with Gasteiger partial charge in [-0.3, -0.25) is 0 Å². The summed E-state index contributed by atoms with van der Waals surface area (Å²) < 4.78 is 57.4. The molecule has 2 aromatic carbocycles. The molecule has 2 aromatic rings. The van der Waals surface area contributed by atoms with Gasteiger partial charge in [0, 0.05) is 24.7 Å². The Bertz CT molecular complexity index is 799. The van der Waals surface area contributed by atoms with Crippen molar-refractivity contribution >= 4 is 21.6 Å². The van der Waals surface area contributed by atoms with Gasteiger partial charge in [0.25, 0.3) is 0 Å². The average molecular weight is 362 g/mol. The third kappa shape index (κ3) is 4.40. The second-order valence-electron chi connectivity index (χ2n) is 4.71. The Balaban J connectivity index is 2.03. The first-order chi connectivity index (χ1) is 10.8. The number of sulfonamides is 1. The van der Waals surface area contributed by atoms with Crippen LogP contribution in [0.4, 0.5) is 8.78 Å². The molecule has 0 saturated carbocycles. The Morgan fingerprint density at radius 2 is 1.91 bits per heavy atom. The van der Waals surface area contributed by atoms with E-state index in [9.17, 15) is 17.2 Å². The molecule has 0 N–H and O–H groups in total. The summed E-state index contributed by atoms with van der Waals surface area (Å²) in [5, 5.41) is 0.497. The van der Waals surface area contributed by atoms with Gasteiger partial charge in [-0.25, -0.2) is 17.2 Å². The number of halogens is 3. The summed E-state index contributed by atoms with van der Waals surface area (Å²) in [4.78, 5) is -0.579. The van der Waals surface area contributed by atoms with Crippen LogP contribution in [0.5, 0.6) is 5.75 Å². The molecule has 0 atom stereocenters. The molecular formula is C15H14ClF2NO3S. The summed E-state index contributed by atoms with van der Waals surface area (Å²) in [6.45, 7) is 0.0462. The van der Waals surface area contributed by atoms with Crippen molar-refractivity contribution in [1.82, 2.24) is 4.31 Å². The van der Waals surface area contributed by atoms with E-state index in [-0.39, 0.29) is 13.2 Å². The lowest BCUT2D eigenvalue weighted by molar-refractivity contribution is 0.286. The van der Waals surface area contributed by atoms with Crippen molar-refractivity contribution in [3.05, 3.63) is 59.1 Å². The molecule has 0 aromatic heterocycles. The molecule has 0 aliphatic heterocycles. The van der Waals surface area contributed by atoms with Crippen LogP contribution in [0.3, 0.4) is 0 Å². The minimum atomic E-state index is -4.06. The van der Waals surface area contributed by atoms with Gasteiger partial charge in [-0.05, 0) is 30.3 Å². The van der Waals surface area contributed by atoms with E-state index in [0.717, 1.165) is 16.4 Å². The van der Waals surface area contributed by atoms with E-state index >= 15 is 0 Å². The maximum atomic E-state index is 13.6. The third-order valence-electron chi connectivity index (χ3n) is 3.05. The number of hydrogen-bond donors (Lipinski definition) is 0. The van der Waals surface area contributed by atoms with Gasteiger partial charge in [-0.1, -0.05) is 17.7 Å². The van der Waals surface area contributed by atoms with Crippen LogP contribution in [0.1, 0.15) is 0 Å². The fourth-order valence-corrected chi connectivity index (χ4v) is 3.20. The van der Waals surface area contributed by atoms with Gasteiger partial charge in [0.1, 0.15) is 28.9 Å². The molecule has 0 saturated heterocycles. The highest BCUT2D eigenvalue weighted by Gasteiger charge is 2.24. The van der Waals surface area contributed by atoms with Crippen LogP contribution in [0.25, 0.3) is 0 Å². The van der Waals surface area contributed by atoms with Crippen molar-refractivity contribution in [3.63, 3.8) is 0 Å². The largest absolute Gasteiger partial charge is 0.492 e. The number of benzene rings is 2. The van der Waals surface area contributed by atoms with Crippen LogP contribution in [-0.4, -0.2) is 32.9 Å². The maximum absolute atomic E-state index is 13.6. The van der Waals surface area contributed by atoms with E-state index in [0.29, 0.717) is 16.8 Å². The molecule has 23 heavy (non-hydrogen) atoms. The minimum Gasteiger partial charge on any atom is -0.492 e. The number of hydrogen-bond acceptors (Lipinski definition) is 3. The Morgan fingerprint density at radius 3 is 2.57 bits per heavy atom. The summed E-state index contributed by atoms with van der Waals surface area (Å²) in [7, 11) is -2.77. The molecule has 0 unspecified atom stereocenters.